The van der Waals surface area contributed by atoms with E-state index in [1.807, 2.05) is 22.6 Å². The number of carbonyl (C=O) groups excluding carboxylic acids is 4. The van der Waals surface area contributed by atoms with Gasteiger partial charge in [0.15, 0.2) is 0 Å². The third-order valence-electron chi connectivity index (χ3n) is 3.30. The maximum atomic E-state index is 12.4. The number of pyridine rings is 1. The van der Waals surface area contributed by atoms with Crippen molar-refractivity contribution in [3.8, 4) is 0 Å². The Bertz CT molecular complexity index is 673. The Morgan fingerprint density at radius 2 is 1.95 bits per heavy atom. The minimum absolute atomic E-state index is 0.110. The molecule has 3 heterocycles. The third-order valence-corrected chi connectivity index (χ3v) is 4.12. The Balaban J connectivity index is 2.00. The lowest BCUT2D eigenvalue weighted by Crippen LogP contribution is -2.54. The van der Waals surface area contributed by atoms with Crippen LogP contribution >= 0.6 is 22.6 Å². The molecule has 1 N–H and O–H groups in total. The van der Waals surface area contributed by atoms with Crippen molar-refractivity contribution in [2.75, 3.05) is 0 Å². The molecule has 0 spiro atoms. The van der Waals surface area contributed by atoms with E-state index in [1.54, 1.807) is 0 Å². The molecule has 20 heavy (non-hydrogen) atoms. The largest absolute Gasteiger partial charge is 0.295 e. The number of halogens is 1. The Kier molecular flexibility index (Phi) is 3.04. The van der Waals surface area contributed by atoms with Crippen molar-refractivity contribution >= 4 is 46.2 Å². The van der Waals surface area contributed by atoms with Gasteiger partial charge in [-0.05, 0) is 29.0 Å². The van der Waals surface area contributed by atoms with Crippen molar-refractivity contribution in [3.05, 3.63) is 27.1 Å². The summed E-state index contributed by atoms with van der Waals surface area (Å²) in [6.45, 7) is 0. The van der Waals surface area contributed by atoms with E-state index in [0.29, 0.717) is 3.57 Å². The molecule has 0 aromatic carbocycles. The molecule has 0 radical (unpaired) electrons. The second-order valence-electron chi connectivity index (χ2n) is 4.49. The summed E-state index contributed by atoms with van der Waals surface area (Å²) in [6.07, 6.45) is 3.07. The van der Waals surface area contributed by atoms with Crippen molar-refractivity contribution < 1.29 is 19.2 Å². The molecule has 0 aliphatic carbocycles. The number of imide groups is 2. The average molecular weight is 385 g/mol. The van der Waals surface area contributed by atoms with Gasteiger partial charge < -0.3 is 0 Å². The number of piperidine rings is 1. The van der Waals surface area contributed by atoms with Crippen LogP contribution in [0.2, 0.25) is 0 Å². The van der Waals surface area contributed by atoms with Crippen LogP contribution in [0.1, 0.15) is 33.6 Å². The lowest BCUT2D eigenvalue weighted by molar-refractivity contribution is -0.136. The summed E-state index contributed by atoms with van der Waals surface area (Å²) >= 11 is 1.92. The summed E-state index contributed by atoms with van der Waals surface area (Å²) in [6, 6.07) is -0.934. The first-order valence-corrected chi connectivity index (χ1v) is 6.93. The fourth-order valence-corrected chi connectivity index (χ4v) is 3.05. The van der Waals surface area contributed by atoms with E-state index in [9.17, 15) is 19.2 Å². The van der Waals surface area contributed by atoms with Crippen molar-refractivity contribution in [2.45, 2.75) is 18.9 Å². The van der Waals surface area contributed by atoms with Gasteiger partial charge in [-0.1, -0.05) is 0 Å². The molecule has 102 valence electrons. The zero-order valence-electron chi connectivity index (χ0n) is 10.1. The topological polar surface area (TPSA) is 96.4 Å². The molecule has 0 saturated carbocycles. The van der Waals surface area contributed by atoms with Crippen LogP contribution in [0.4, 0.5) is 0 Å². The number of fused-ring (bicyclic) bond motifs is 1. The van der Waals surface area contributed by atoms with Crippen LogP contribution in [0.3, 0.4) is 0 Å². The summed E-state index contributed by atoms with van der Waals surface area (Å²) in [7, 11) is 0. The van der Waals surface area contributed by atoms with Gasteiger partial charge in [0.05, 0.1) is 11.1 Å². The molecule has 1 aromatic heterocycles. The van der Waals surface area contributed by atoms with Crippen molar-refractivity contribution in [1.82, 2.24) is 15.2 Å². The summed E-state index contributed by atoms with van der Waals surface area (Å²) in [5.41, 5.74) is 0.474. The van der Waals surface area contributed by atoms with E-state index in [1.165, 1.54) is 12.4 Å². The minimum Gasteiger partial charge on any atom is -0.295 e. The third kappa shape index (κ3) is 1.82. The lowest BCUT2D eigenvalue weighted by Gasteiger charge is -2.27. The van der Waals surface area contributed by atoms with E-state index in [0.717, 1.165) is 4.90 Å². The maximum absolute atomic E-state index is 12.4. The molecule has 2 aliphatic heterocycles. The number of rotatable bonds is 1. The smallest absolute Gasteiger partial charge is 0.263 e. The van der Waals surface area contributed by atoms with Crippen LogP contribution in [0, 0.1) is 3.57 Å². The average Bonchev–Trinajstić information content (AvgIpc) is 2.64. The maximum Gasteiger partial charge on any atom is 0.263 e. The van der Waals surface area contributed by atoms with Crippen molar-refractivity contribution in [1.29, 1.82) is 0 Å². The molecule has 2 aliphatic rings. The number of nitrogens with one attached hydrogen (secondary N) is 1. The van der Waals surface area contributed by atoms with Gasteiger partial charge in [-0.25, -0.2) is 0 Å². The molecule has 8 heteroatoms. The van der Waals surface area contributed by atoms with Crippen molar-refractivity contribution in [3.63, 3.8) is 0 Å². The zero-order valence-corrected chi connectivity index (χ0v) is 12.2. The van der Waals surface area contributed by atoms with Gasteiger partial charge in [0.2, 0.25) is 11.8 Å². The first-order valence-electron chi connectivity index (χ1n) is 5.86. The fourth-order valence-electron chi connectivity index (χ4n) is 2.37. The van der Waals surface area contributed by atoms with Crippen LogP contribution in [0.25, 0.3) is 0 Å². The molecule has 1 unspecified atom stereocenters. The summed E-state index contributed by atoms with van der Waals surface area (Å²) in [4.78, 5) is 52.4. The molecule has 1 saturated heterocycles. The molecule has 1 aromatic rings. The fraction of sp³-hybridized carbons (Fsp3) is 0.250. The van der Waals surface area contributed by atoms with Gasteiger partial charge in [0.25, 0.3) is 11.8 Å². The summed E-state index contributed by atoms with van der Waals surface area (Å²) in [5, 5.41) is 2.15. The van der Waals surface area contributed by atoms with Crippen LogP contribution in [0.15, 0.2) is 12.4 Å². The highest BCUT2D eigenvalue weighted by Gasteiger charge is 2.45. The van der Waals surface area contributed by atoms with Gasteiger partial charge in [-0.2, -0.15) is 0 Å². The minimum atomic E-state index is -0.934. The van der Waals surface area contributed by atoms with Crippen LogP contribution < -0.4 is 5.32 Å². The summed E-state index contributed by atoms with van der Waals surface area (Å²) < 4.78 is 0.563. The van der Waals surface area contributed by atoms with E-state index in [2.05, 4.69) is 10.3 Å². The molecule has 7 nitrogen and oxygen atoms in total. The Labute approximate surface area is 126 Å². The van der Waals surface area contributed by atoms with E-state index >= 15 is 0 Å². The number of carbonyl (C=O) groups is 4. The Morgan fingerprint density at radius 1 is 1.20 bits per heavy atom. The highest BCUT2D eigenvalue weighted by Crippen LogP contribution is 2.29. The van der Waals surface area contributed by atoms with Gasteiger partial charge in [0.1, 0.15) is 6.04 Å². The summed E-state index contributed by atoms with van der Waals surface area (Å²) in [5.74, 6) is -2.05. The normalized spacial score (nSPS) is 22.1. The van der Waals surface area contributed by atoms with Gasteiger partial charge in [0, 0.05) is 22.4 Å². The molecular formula is C12H8IN3O4. The Morgan fingerprint density at radius 3 is 2.60 bits per heavy atom. The van der Waals surface area contributed by atoms with E-state index in [4.69, 9.17) is 0 Å². The molecule has 0 bridgehead atoms. The molecule has 3 rings (SSSR count). The van der Waals surface area contributed by atoms with Crippen LogP contribution in [0.5, 0.6) is 0 Å². The second-order valence-corrected chi connectivity index (χ2v) is 5.65. The zero-order chi connectivity index (χ0) is 14.4. The van der Waals surface area contributed by atoms with E-state index in [-0.39, 0.29) is 29.9 Å². The van der Waals surface area contributed by atoms with Crippen molar-refractivity contribution in [2.24, 2.45) is 0 Å². The molecule has 1 fully saturated rings. The van der Waals surface area contributed by atoms with Gasteiger partial charge in [-0.15, -0.1) is 0 Å². The number of hydrogen-bond acceptors (Lipinski definition) is 5. The monoisotopic (exact) mass is 385 g/mol. The predicted molar refractivity (Wildman–Crippen MR) is 73.6 cm³/mol. The van der Waals surface area contributed by atoms with Crippen LogP contribution in [-0.4, -0.2) is 39.6 Å². The highest BCUT2D eigenvalue weighted by atomic mass is 127. The Hall–Kier alpha value is -1.84. The standard InChI is InChI=1S/C12H8IN3O4/c13-6-4-14-3-5-9(6)12(20)16(11(5)19)7-1-2-8(17)15-10(7)18/h3-4,7H,1-2H2,(H,15,17,18). The van der Waals surface area contributed by atoms with Gasteiger partial charge in [-0.3, -0.25) is 34.4 Å². The number of amides is 4. The first kappa shape index (κ1) is 13.2. The molecular weight excluding hydrogens is 377 g/mol. The highest BCUT2D eigenvalue weighted by molar-refractivity contribution is 14.1. The first-order chi connectivity index (χ1) is 9.50. The van der Waals surface area contributed by atoms with E-state index < -0.39 is 23.8 Å². The quantitative estimate of drug-likeness (QED) is 0.546. The SMILES string of the molecule is O=C1CCC(N2C(=O)c3cncc(I)c3C2=O)C(=O)N1. The van der Waals surface area contributed by atoms with Crippen LogP contribution in [-0.2, 0) is 9.59 Å². The molecule has 1 atom stereocenters. The lowest BCUT2D eigenvalue weighted by atomic mass is 10.0. The predicted octanol–water partition coefficient (Wildman–Crippen LogP) is 0.0874. The van der Waals surface area contributed by atoms with Gasteiger partial charge >= 0.3 is 0 Å². The second kappa shape index (κ2) is 4.62. The number of nitrogens with zero attached hydrogens (tertiary/aromatic N) is 2. The molecule has 4 amide bonds. The number of hydrogen-bond donors (Lipinski definition) is 1. The number of aromatic nitrogens is 1.